The second-order valence-corrected chi connectivity index (χ2v) is 7.98. The molecule has 1 atom stereocenters. The van der Waals surface area contributed by atoms with Gasteiger partial charge >= 0.3 is 5.97 Å². The maximum absolute atomic E-state index is 14.2. The normalized spacial score (nSPS) is 12.9. The molecule has 0 saturated heterocycles. The van der Waals surface area contributed by atoms with Crippen molar-refractivity contribution in [3.63, 3.8) is 0 Å². The number of benzene rings is 1. The average Bonchev–Trinajstić information content (AvgIpc) is 3.18. The van der Waals surface area contributed by atoms with E-state index in [1.807, 2.05) is 0 Å². The van der Waals surface area contributed by atoms with Gasteiger partial charge in [0.2, 0.25) is 11.7 Å². The number of ether oxygens (including phenoxy) is 1. The lowest BCUT2D eigenvalue weighted by Gasteiger charge is -2.24. The Morgan fingerprint density at radius 2 is 2.06 bits per heavy atom. The van der Waals surface area contributed by atoms with E-state index >= 15 is 0 Å². The van der Waals surface area contributed by atoms with Gasteiger partial charge in [-0.1, -0.05) is 24.3 Å². The van der Waals surface area contributed by atoms with Crippen LogP contribution in [-0.4, -0.2) is 47.6 Å². The Bertz CT molecular complexity index is 1420. The summed E-state index contributed by atoms with van der Waals surface area (Å²) < 4.78 is 34.8. The standard InChI is InChI=1S/C24H22F2N6O3/c1-4-10-24(3,23(34)35-5-2)19-22(33)28-20(30-29-19)18-16-11-15(25)12-27-21(16)32(31-18)13-14-8-6-7-9-17(14)26/h4,6-9,11-12H,1,5,10,13H2,2-3H3,(H,28,30,33). The van der Waals surface area contributed by atoms with Gasteiger partial charge in [-0.15, -0.1) is 16.8 Å². The topological polar surface area (TPSA) is 116 Å². The fraction of sp³-hybridized carbons (Fsp3) is 0.250. The summed E-state index contributed by atoms with van der Waals surface area (Å²) in [6.07, 6.45) is 2.63. The highest BCUT2D eigenvalue weighted by atomic mass is 19.1. The number of halogens is 2. The summed E-state index contributed by atoms with van der Waals surface area (Å²) in [7, 11) is 0. The minimum absolute atomic E-state index is 0.0135. The Morgan fingerprint density at radius 3 is 2.74 bits per heavy atom. The van der Waals surface area contributed by atoms with Crippen LogP contribution >= 0.6 is 0 Å². The van der Waals surface area contributed by atoms with E-state index in [-0.39, 0.29) is 47.8 Å². The molecule has 4 rings (SSSR count). The largest absolute Gasteiger partial charge is 0.492 e. The molecular formula is C24H22F2N6O3. The monoisotopic (exact) mass is 480 g/mol. The molecule has 0 spiro atoms. The van der Waals surface area contributed by atoms with E-state index in [1.165, 1.54) is 29.8 Å². The molecule has 0 aliphatic heterocycles. The third-order valence-corrected chi connectivity index (χ3v) is 5.51. The number of fused-ring (bicyclic) bond motifs is 1. The first-order valence-electron chi connectivity index (χ1n) is 10.8. The molecule has 4 aromatic rings. The summed E-state index contributed by atoms with van der Waals surface area (Å²) in [5.74, 6) is -2.36. The van der Waals surface area contributed by atoms with Gasteiger partial charge in [0, 0.05) is 5.56 Å². The molecule has 9 nitrogen and oxygen atoms in total. The molecule has 35 heavy (non-hydrogen) atoms. The summed E-state index contributed by atoms with van der Waals surface area (Å²) in [6, 6.07) is 7.37. The van der Waals surface area contributed by atoms with E-state index in [1.54, 1.807) is 25.1 Å². The summed E-state index contributed by atoms with van der Waals surface area (Å²) in [5.41, 5.74) is -0.778. The van der Waals surface area contributed by atoms with Crippen molar-refractivity contribution >= 4 is 17.0 Å². The molecule has 3 aromatic heterocycles. The second-order valence-electron chi connectivity index (χ2n) is 7.98. The number of esters is 1. The SMILES string of the molecule is C=CCC(C)(C(=O)OCC)c1nnc(-c2nn(Cc3ccccc3F)c3ncc(F)cc23)nc1O. The van der Waals surface area contributed by atoms with Gasteiger partial charge in [0.25, 0.3) is 0 Å². The van der Waals surface area contributed by atoms with Gasteiger partial charge < -0.3 is 9.84 Å². The van der Waals surface area contributed by atoms with Crippen molar-refractivity contribution in [2.45, 2.75) is 32.2 Å². The Hall–Kier alpha value is -4.28. The molecule has 0 aliphatic rings. The third kappa shape index (κ3) is 4.44. The summed E-state index contributed by atoms with van der Waals surface area (Å²) >= 11 is 0. The van der Waals surface area contributed by atoms with Gasteiger partial charge in [-0.2, -0.15) is 10.1 Å². The van der Waals surface area contributed by atoms with Crippen LogP contribution in [0.1, 0.15) is 31.5 Å². The van der Waals surface area contributed by atoms with Crippen LogP contribution in [0.25, 0.3) is 22.6 Å². The van der Waals surface area contributed by atoms with Crippen LogP contribution in [0.4, 0.5) is 8.78 Å². The Kier molecular flexibility index (Phi) is 6.50. The van der Waals surface area contributed by atoms with Crippen molar-refractivity contribution in [2.24, 2.45) is 0 Å². The quantitative estimate of drug-likeness (QED) is 0.300. The Balaban J connectivity index is 1.81. The Morgan fingerprint density at radius 1 is 1.29 bits per heavy atom. The van der Waals surface area contributed by atoms with Crippen LogP contribution in [0.2, 0.25) is 0 Å². The lowest BCUT2D eigenvalue weighted by atomic mass is 9.83. The van der Waals surface area contributed by atoms with Crippen molar-refractivity contribution in [2.75, 3.05) is 6.61 Å². The molecule has 1 aromatic carbocycles. The molecule has 0 saturated carbocycles. The van der Waals surface area contributed by atoms with E-state index < -0.39 is 28.9 Å². The fourth-order valence-corrected chi connectivity index (χ4v) is 3.73. The van der Waals surface area contributed by atoms with E-state index in [9.17, 15) is 18.7 Å². The van der Waals surface area contributed by atoms with Crippen LogP contribution < -0.4 is 0 Å². The summed E-state index contributed by atoms with van der Waals surface area (Å²) in [5, 5.41) is 23.5. The first kappa shape index (κ1) is 23.9. The number of carbonyl (C=O) groups excluding carboxylic acids is 1. The van der Waals surface area contributed by atoms with E-state index in [2.05, 4.69) is 31.8 Å². The lowest BCUT2D eigenvalue weighted by molar-refractivity contribution is -0.149. The molecule has 1 N–H and O–H groups in total. The number of allylic oxidation sites excluding steroid dienone is 1. The van der Waals surface area contributed by atoms with E-state index in [0.29, 0.717) is 5.56 Å². The van der Waals surface area contributed by atoms with E-state index in [4.69, 9.17) is 4.74 Å². The maximum Gasteiger partial charge on any atom is 0.318 e. The molecule has 1 unspecified atom stereocenters. The van der Waals surface area contributed by atoms with Crippen molar-refractivity contribution in [1.29, 1.82) is 0 Å². The third-order valence-electron chi connectivity index (χ3n) is 5.51. The molecule has 0 amide bonds. The number of carbonyl (C=O) groups is 1. The number of hydrogen-bond acceptors (Lipinski definition) is 8. The van der Waals surface area contributed by atoms with Gasteiger partial charge in [0.1, 0.15) is 28.4 Å². The fourth-order valence-electron chi connectivity index (χ4n) is 3.73. The number of rotatable bonds is 8. The lowest BCUT2D eigenvalue weighted by Crippen LogP contribution is -2.35. The molecule has 180 valence electrons. The van der Waals surface area contributed by atoms with Crippen LogP contribution in [-0.2, 0) is 21.5 Å². The molecule has 3 heterocycles. The minimum atomic E-state index is -1.37. The molecule has 0 fully saturated rings. The first-order chi connectivity index (χ1) is 16.8. The Labute approximate surface area is 199 Å². The zero-order valence-corrected chi connectivity index (χ0v) is 19.1. The van der Waals surface area contributed by atoms with Gasteiger partial charge in [0.15, 0.2) is 5.65 Å². The van der Waals surface area contributed by atoms with Crippen LogP contribution in [0.15, 0.2) is 49.2 Å². The smallest absolute Gasteiger partial charge is 0.318 e. The minimum Gasteiger partial charge on any atom is -0.492 e. The first-order valence-corrected chi connectivity index (χ1v) is 10.8. The van der Waals surface area contributed by atoms with Crippen LogP contribution in [0.5, 0.6) is 5.88 Å². The van der Waals surface area contributed by atoms with E-state index in [0.717, 1.165) is 6.20 Å². The van der Waals surface area contributed by atoms with Crippen LogP contribution in [0, 0.1) is 11.6 Å². The number of nitrogens with zero attached hydrogens (tertiary/aromatic N) is 6. The molecule has 11 heteroatoms. The van der Waals surface area contributed by atoms with Gasteiger partial charge in [0.05, 0.1) is 24.7 Å². The van der Waals surface area contributed by atoms with Crippen molar-refractivity contribution in [3.05, 3.63) is 72.1 Å². The van der Waals surface area contributed by atoms with Crippen molar-refractivity contribution < 1.29 is 23.4 Å². The summed E-state index contributed by atoms with van der Waals surface area (Å²) in [4.78, 5) is 20.8. The zero-order valence-electron chi connectivity index (χ0n) is 19.1. The highest BCUT2D eigenvalue weighted by molar-refractivity contribution is 5.89. The molecule has 0 bridgehead atoms. The number of aromatic hydroxyl groups is 1. The van der Waals surface area contributed by atoms with Crippen molar-refractivity contribution in [1.82, 2.24) is 29.9 Å². The maximum atomic E-state index is 14.2. The van der Waals surface area contributed by atoms with Gasteiger partial charge in [-0.05, 0) is 32.4 Å². The predicted molar refractivity (Wildman–Crippen MR) is 122 cm³/mol. The molecule has 0 radical (unpaired) electrons. The van der Waals surface area contributed by atoms with Crippen LogP contribution in [0.3, 0.4) is 0 Å². The highest BCUT2D eigenvalue weighted by Gasteiger charge is 2.41. The van der Waals surface area contributed by atoms with Crippen molar-refractivity contribution in [3.8, 4) is 17.4 Å². The second kappa shape index (κ2) is 9.53. The highest BCUT2D eigenvalue weighted by Crippen LogP contribution is 2.34. The number of pyridine rings is 1. The van der Waals surface area contributed by atoms with Gasteiger partial charge in [-0.3, -0.25) is 4.79 Å². The molecular weight excluding hydrogens is 458 g/mol. The number of hydrogen-bond donors (Lipinski definition) is 1. The number of aromatic nitrogens is 6. The molecule has 0 aliphatic carbocycles. The summed E-state index contributed by atoms with van der Waals surface area (Å²) in [6.45, 7) is 7.00. The zero-order chi connectivity index (χ0) is 25.2. The predicted octanol–water partition coefficient (Wildman–Crippen LogP) is 3.71. The average molecular weight is 480 g/mol. The van der Waals surface area contributed by atoms with Gasteiger partial charge in [-0.25, -0.2) is 18.4 Å².